The number of hydrogen-bond donors (Lipinski definition) is 0. The molecule has 0 atom stereocenters. The number of aliphatic imine (C=N–C) groups is 1. The van der Waals surface area contributed by atoms with Crippen molar-refractivity contribution in [1.29, 1.82) is 0 Å². The van der Waals surface area contributed by atoms with Crippen LogP contribution in [-0.2, 0) is 11.0 Å². The Kier molecular flexibility index (Phi) is 4.55. The Labute approximate surface area is 167 Å². The third-order valence-corrected chi connectivity index (χ3v) is 4.83. The number of hydrogen-bond acceptors (Lipinski definition) is 2. The topological polar surface area (TPSA) is 32.7 Å². The van der Waals surface area contributed by atoms with Gasteiger partial charge in [0.15, 0.2) is 0 Å². The fourth-order valence-corrected chi connectivity index (χ4v) is 3.30. The largest absolute Gasteiger partial charge is 0.416 e. The molecule has 0 aromatic heterocycles. The zero-order valence-corrected chi connectivity index (χ0v) is 15.8. The second kappa shape index (κ2) is 6.91. The first-order valence-corrected chi connectivity index (χ1v) is 9.09. The number of nitrogens with zero attached hydrogens (tertiary/aromatic N) is 2. The molecule has 4 rings (SSSR count). The molecule has 3 aromatic carbocycles. The van der Waals surface area contributed by atoms with Gasteiger partial charge in [0.05, 0.1) is 16.9 Å². The van der Waals surface area contributed by atoms with Crippen LogP contribution >= 0.6 is 15.9 Å². The average Bonchev–Trinajstić information content (AvgIpc) is 2.94. The molecule has 1 amide bonds. The summed E-state index contributed by atoms with van der Waals surface area (Å²) in [6, 6.07) is 18.9. The van der Waals surface area contributed by atoms with Crippen LogP contribution in [0.15, 0.2) is 82.3 Å². The minimum absolute atomic E-state index is 0.0747. The summed E-state index contributed by atoms with van der Waals surface area (Å²) in [7, 11) is 0. The molecule has 0 unspecified atom stereocenters. The van der Waals surface area contributed by atoms with E-state index in [9.17, 15) is 18.0 Å². The van der Waals surface area contributed by atoms with Gasteiger partial charge in [-0.05, 0) is 48.5 Å². The number of amides is 1. The lowest BCUT2D eigenvalue weighted by Gasteiger charge is -2.16. The van der Waals surface area contributed by atoms with E-state index in [1.54, 1.807) is 36.4 Å². The first-order valence-electron chi connectivity index (χ1n) is 8.30. The second-order valence-corrected chi connectivity index (χ2v) is 7.06. The van der Waals surface area contributed by atoms with Crippen molar-refractivity contribution < 1.29 is 18.0 Å². The Balaban J connectivity index is 1.82. The van der Waals surface area contributed by atoms with E-state index in [2.05, 4.69) is 20.9 Å². The predicted molar refractivity (Wildman–Crippen MR) is 105 cm³/mol. The van der Waals surface area contributed by atoms with Gasteiger partial charge in [0, 0.05) is 15.7 Å². The molecule has 0 bridgehead atoms. The Morgan fingerprint density at radius 3 is 2.32 bits per heavy atom. The summed E-state index contributed by atoms with van der Waals surface area (Å²) >= 11 is 3.36. The maximum atomic E-state index is 13.1. The van der Waals surface area contributed by atoms with Crippen LogP contribution in [0, 0.1) is 0 Å². The molecule has 0 N–H and O–H groups in total. The number of anilines is 2. The minimum Gasteiger partial charge on any atom is -0.275 e. The molecular formula is C21H12BrF3N2O. The van der Waals surface area contributed by atoms with E-state index < -0.39 is 11.7 Å². The van der Waals surface area contributed by atoms with Crippen molar-refractivity contribution in [2.24, 2.45) is 4.99 Å². The first kappa shape index (κ1) is 18.4. The van der Waals surface area contributed by atoms with E-state index in [0.717, 1.165) is 16.6 Å². The molecule has 0 aliphatic carbocycles. The van der Waals surface area contributed by atoms with Crippen LogP contribution in [0.5, 0.6) is 0 Å². The van der Waals surface area contributed by atoms with Crippen LogP contribution in [-0.4, -0.2) is 11.6 Å². The van der Waals surface area contributed by atoms with Gasteiger partial charge in [-0.25, -0.2) is 4.99 Å². The predicted octanol–water partition coefficient (Wildman–Crippen LogP) is 6.27. The number of rotatable bonds is 2. The zero-order valence-electron chi connectivity index (χ0n) is 14.2. The van der Waals surface area contributed by atoms with E-state index >= 15 is 0 Å². The molecule has 0 fully saturated rings. The van der Waals surface area contributed by atoms with Crippen molar-refractivity contribution in [3.63, 3.8) is 0 Å². The minimum atomic E-state index is -4.47. The fourth-order valence-electron chi connectivity index (χ4n) is 3.03. The second-order valence-electron chi connectivity index (χ2n) is 6.14. The third kappa shape index (κ3) is 3.33. The van der Waals surface area contributed by atoms with E-state index in [1.807, 2.05) is 12.1 Å². The van der Waals surface area contributed by atoms with Crippen molar-refractivity contribution in [2.75, 3.05) is 4.90 Å². The van der Waals surface area contributed by atoms with Crippen LogP contribution in [0.25, 0.3) is 0 Å². The molecular weight excluding hydrogens is 433 g/mol. The molecule has 1 aliphatic rings. The highest BCUT2D eigenvalue weighted by Gasteiger charge is 2.35. The lowest BCUT2D eigenvalue weighted by molar-refractivity contribution is -0.137. The lowest BCUT2D eigenvalue weighted by atomic mass is 10.1. The highest BCUT2D eigenvalue weighted by Crippen LogP contribution is 2.37. The molecule has 1 heterocycles. The standard InChI is InChI=1S/C21H12BrF3N2O/c22-14-8-10-16(11-9-14)27-18-7-2-1-6-17(18)19(20(27)28)26-15-5-3-4-13(12-15)21(23,24)25/h1-12H. The van der Waals surface area contributed by atoms with Gasteiger partial charge in [-0.1, -0.05) is 40.2 Å². The maximum Gasteiger partial charge on any atom is 0.416 e. The Hall–Kier alpha value is -2.93. The average molecular weight is 445 g/mol. The van der Waals surface area contributed by atoms with E-state index in [0.29, 0.717) is 16.9 Å². The molecule has 140 valence electrons. The number of fused-ring (bicyclic) bond motifs is 1. The Morgan fingerprint density at radius 1 is 0.893 bits per heavy atom. The smallest absolute Gasteiger partial charge is 0.275 e. The number of para-hydroxylation sites is 1. The highest BCUT2D eigenvalue weighted by molar-refractivity contribution is 9.10. The Morgan fingerprint density at radius 2 is 1.61 bits per heavy atom. The molecule has 0 spiro atoms. The highest BCUT2D eigenvalue weighted by atomic mass is 79.9. The van der Waals surface area contributed by atoms with Crippen molar-refractivity contribution in [3.8, 4) is 0 Å². The summed E-state index contributed by atoms with van der Waals surface area (Å²) in [6.07, 6.45) is -4.47. The summed E-state index contributed by atoms with van der Waals surface area (Å²) in [5.41, 5.74) is 1.24. The van der Waals surface area contributed by atoms with Crippen molar-refractivity contribution in [1.82, 2.24) is 0 Å². The Bertz CT molecular complexity index is 1090. The van der Waals surface area contributed by atoms with Gasteiger partial charge in [0.25, 0.3) is 5.91 Å². The first-order chi connectivity index (χ1) is 13.3. The zero-order chi connectivity index (χ0) is 19.9. The fraction of sp³-hybridized carbons (Fsp3) is 0.0476. The van der Waals surface area contributed by atoms with Crippen LogP contribution in [0.3, 0.4) is 0 Å². The van der Waals surface area contributed by atoms with Crippen molar-refractivity contribution >= 4 is 44.6 Å². The monoisotopic (exact) mass is 444 g/mol. The summed E-state index contributed by atoms with van der Waals surface area (Å²) < 4.78 is 39.8. The molecule has 0 saturated heterocycles. The van der Waals surface area contributed by atoms with Gasteiger partial charge in [-0.3, -0.25) is 9.69 Å². The number of carbonyl (C=O) groups excluding carboxylic acids is 1. The molecule has 3 nitrogen and oxygen atoms in total. The summed E-state index contributed by atoms with van der Waals surface area (Å²) in [5, 5.41) is 0. The normalized spacial score (nSPS) is 15.2. The number of carbonyl (C=O) groups is 1. The van der Waals surface area contributed by atoms with Crippen molar-refractivity contribution in [3.05, 3.63) is 88.4 Å². The van der Waals surface area contributed by atoms with Gasteiger partial charge in [0.2, 0.25) is 0 Å². The van der Waals surface area contributed by atoms with Gasteiger partial charge in [0.1, 0.15) is 5.71 Å². The van der Waals surface area contributed by atoms with Gasteiger partial charge in [-0.2, -0.15) is 13.2 Å². The summed E-state index contributed by atoms with van der Waals surface area (Å²) in [5.74, 6) is -0.388. The van der Waals surface area contributed by atoms with Crippen LogP contribution in [0.2, 0.25) is 0 Å². The van der Waals surface area contributed by atoms with Crippen LogP contribution < -0.4 is 4.90 Å². The van der Waals surface area contributed by atoms with E-state index in [1.165, 1.54) is 17.0 Å². The number of alkyl halides is 3. The van der Waals surface area contributed by atoms with Gasteiger partial charge in [-0.15, -0.1) is 0 Å². The molecule has 1 aliphatic heterocycles. The number of benzene rings is 3. The SMILES string of the molecule is O=C1C(=Nc2cccc(C(F)(F)F)c2)c2ccccc2N1c1ccc(Br)cc1. The molecule has 7 heteroatoms. The lowest BCUT2D eigenvalue weighted by Crippen LogP contribution is -2.25. The van der Waals surface area contributed by atoms with Crippen LogP contribution in [0.4, 0.5) is 30.2 Å². The van der Waals surface area contributed by atoms with Crippen molar-refractivity contribution in [2.45, 2.75) is 6.18 Å². The van der Waals surface area contributed by atoms with Gasteiger partial charge >= 0.3 is 6.18 Å². The summed E-state index contributed by atoms with van der Waals surface area (Å²) in [6.45, 7) is 0. The van der Waals surface area contributed by atoms with E-state index in [-0.39, 0.29) is 17.3 Å². The third-order valence-electron chi connectivity index (χ3n) is 4.30. The van der Waals surface area contributed by atoms with E-state index in [4.69, 9.17) is 0 Å². The maximum absolute atomic E-state index is 13.1. The summed E-state index contributed by atoms with van der Waals surface area (Å²) in [4.78, 5) is 18.9. The molecule has 0 saturated carbocycles. The number of halogens is 4. The van der Waals surface area contributed by atoms with Crippen LogP contribution in [0.1, 0.15) is 11.1 Å². The molecule has 3 aromatic rings. The quantitative estimate of drug-likeness (QED) is 0.458. The molecule has 28 heavy (non-hydrogen) atoms. The molecule has 0 radical (unpaired) electrons. The van der Waals surface area contributed by atoms with Gasteiger partial charge < -0.3 is 0 Å².